The van der Waals surface area contributed by atoms with Gasteiger partial charge in [-0.1, -0.05) is 12.1 Å². The lowest BCUT2D eigenvalue weighted by Crippen LogP contribution is -2.37. The van der Waals surface area contributed by atoms with Crippen LogP contribution in [0.15, 0.2) is 29.6 Å². The molecule has 2 unspecified atom stereocenters. The second-order valence-corrected chi connectivity index (χ2v) is 6.76. The number of thiazole rings is 1. The summed E-state index contributed by atoms with van der Waals surface area (Å²) in [4.78, 5) is 18.8. The minimum absolute atomic E-state index is 0.0566. The van der Waals surface area contributed by atoms with E-state index in [1.165, 1.54) is 17.4 Å². The van der Waals surface area contributed by atoms with E-state index in [-0.39, 0.29) is 17.8 Å². The van der Waals surface area contributed by atoms with Crippen LogP contribution in [0.2, 0.25) is 0 Å². The van der Waals surface area contributed by atoms with E-state index in [9.17, 15) is 14.3 Å². The third kappa shape index (κ3) is 3.43. The molecule has 1 amide bonds. The van der Waals surface area contributed by atoms with E-state index in [1.807, 2.05) is 0 Å². The Morgan fingerprint density at radius 3 is 3.04 bits per heavy atom. The van der Waals surface area contributed by atoms with Crippen molar-refractivity contribution in [2.45, 2.75) is 38.3 Å². The predicted molar refractivity (Wildman–Crippen MR) is 87.9 cm³/mol. The maximum atomic E-state index is 13.8. The first-order valence-electron chi connectivity index (χ1n) is 7.75. The summed E-state index contributed by atoms with van der Waals surface area (Å²) in [7, 11) is 0. The van der Waals surface area contributed by atoms with Gasteiger partial charge in [0.25, 0.3) is 5.91 Å². The lowest BCUT2D eigenvalue weighted by molar-refractivity contribution is 0.0677. The van der Waals surface area contributed by atoms with Gasteiger partial charge in [0.05, 0.1) is 6.10 Å². The van der Waals surface area contributed by atoms with Crippen LogP contribution in [0.3, 0.4) is 0 Å². The van der Waals surface area contributed by atoms with Gasteiger partial charge in [-0.3, -0.25) is 4.79 Å². The summed E-state index contributed by atoms with van der Waals surface area (Å²) in [5, 5.41) is 11.8. The highest BCUT2D eigenvalue weighted by Gasteiger charge is 2.31. The maximum absolute atomic E-state index is 13.8. The Hall–Kier alpha value is -1.79. The minimum Gasteiger partial charge on any atom is -0.393 e. The zero-order valence-electron chi connectivity index (χ0n) is 12.9. The van der Waals surface area contributed by atoms with Gasteiger partial charge < -0.3 is 10.0 Å². The normalized spacial score (nSPS) is 19.1. The van der Waals surface area contributed by atoms with Crippen LogP contribution in [0.4, 0.5) is 4.39 Å². The third-order valence-electron chi connectivity index (χ3n) is 4.08. The van der Waals surface area contributed by atoms with E-state index >= 15 is 0 Å². The van der Waals surface area contributed by atoms with Crippen molar-refractivity contribution in [1.29, 1.82) is 0 Å². The Kier molecular flexibility index (Phi) is 4.73. The number of carbonyl (C=O) groups is 1. The molecule has 1 aromatic heterocycles. The monoisotopic (exact) mass is 334 g/mol. The van der Waals surface area contributed by atoms with E-state index in [4.69, 9.17) is 0 Å². The van der Waals surface area contributed by atoms with Gasteiger partial charge in [-0.2, -0.15) is 0 Å². The molecule has 0 bridgehead atoms. The third-order valence-corrected chi connectivity index (χ3v) is 4.95. The van der Waals surface area contributed by atoms with Crippen molar-refractivity contribution >= 4 is 17.2 Å². The number of nitrogens with zero attached hydrogens (tertiary/aromatic N) is 2. The van der Waals surface area contributed by atoms with Crippen LogP contribution >= 0.6 is 11.3 Å². The molecule has 4 nitrogen and oxygen atoms in total. The smallest absolute Gasteiger partial charge is 0.273 e. The average Bonchev–Trinajstić information content (AvgIpc) is 3.16. The largest absolute Gasteiger partial charge is 0.393 e. The fraction of sp³-hybridized carbons (Fsp3) is 0.412. The Morgan fingerprint density at radius 2 is 2.30 bits per heavy atom. The molecule has 2 atom stereocenters. The molecule has 122 valence electrons. The number of amides is 1. The molecule has 0 radical (unpaired) electrons. The number of aliphatic hydroxyl groups is 1. The van der Waals surface area contributed by atoms with Crippen LogP contribution in [0.1, 0.15) is 36.7 Å². The summed E-state index contributed by atoms with van der Waals surface area (Å²) in [5.74, 6) is -0.471. The summed E-state index contributed by atoms with van der Waals surface area (Å²) >= 11 is 1.27. The minimum atomic E-state index is -0.433. The molecule has 0 spiro atoms. The molecule has 1 aliphatic heterocycles. The number of aliphatic hydroxyl groups excluding tert-OH is 1. The van der Waals surface area contributed by atoms with Crippen LogP contribution in [0, 0.1) is 5.82 Å². The number of halogens is 1. The maximum Gasteiger partial charge on any atom is 0.273 e. The number of hydrogen-bond donors (Lipinski definition) is 1. The highest BCUT2D eigenvalue weighted by molar-refractivity contribution is 7.13. The Morgan fingerprint density at radius 1 is 1.52 bits per heavy atom. The van der Waals surface area contributed by atoms with E-state index < -0.39 is 6.10 Å². The number of rotatable bonds is 4. The van der Waals surface area contributed by atoms with E-state index in [0.717, 1.165) is 12.8 Å². The highest BCUT2D eigenvalue weighted by Crippen LogP contribution is 2.28. The lowest BCUT2D eigenvalue weighted by Gasteiger charge is -2.24. The SMILES string of the molecule is CC(O)CC1CCCN1C(=O)c1csc(-c2ccccc2F)n1. The number of likely N-dealkylation sites (tertiary alicyclic amines) is 1. The van der Waals surface area contributed by atoms with E-state index in [1.54, 1.807) is 35.4 Å². The quantitative estimate of drug-likeness (QED) is 0.933. The summed E-state index contributed by atoms with van der Waals surface area (Å²) in [5.41, 5.74) is 0.768. The number of carbonyl (C=O) groups excluding carboxylic acids is 1. The molecular weight excluding hydrogens is 315 g/mol. The standard InChI is InChI=1S/C17H19FN2O2S/c1-11(21)9-12-5-4-8-20(12)17(22)15-10-23-16(19-15)13-6-2-3-7-14(13)18/h2-3,6-7,10-12,21H,4-5,8-9H2,1H3. The molecule has 6 heteroatoms. The van der Waals surface area contributed by atoms with Gasteiger partial charge >= 0.3 is 0 Å². The molecule has 1 aromatic carbocycles. The molecule has 1 aliphatic rings. The van der Waals surface area contributed by atoms with E-state index in [2.05, 4.69) is 4.98 Å². The van der Waals surface area contributed by atoms with Crippen molar-refractivity contribution in [2.24, 2.45) is 0 Å². The van der Waals surface area contributed by atoms with Crippen molar-refractivity contribution < 1.29 is 14.3 Å². The van der Waals surface area contributed by atoms with Crippen molar-refractivity contribution in [2.75, 3.05) is 6.54 Å². The lowest BCUT2D eigenvalue weighted by atomic mass is 10.1. The van der Waals surface area contributed by atoms with Crippen LogP contribution in [0.5, 0.6) is 0 Å². The van der Waals surface area contributed by atoms with Crippen LogP contribution in [-0.2, 0) is 0 Å². The molecule has 23 heavy (non-hydrogen) atoms. The first kappa shape index (κ1) is 16.1. The van der Waals surface area contributed by atoms with Crippen molar-refractivity contribution in [3.8, 4) is 10.6 Å². The Labute approximate surface area is 138 Å². The van der Waals surface area contributed by atoms with E-state index in [0.29, 0.717) is 29.2 Å². The predicted octanol–water partition coefficient (Wildman–Crippen LogP) is 3.32. The van der Waals surface area contributed by atoms with Gasteiger partial charge in [0.1, 0.15) is 16.5 Å². The van der Waals surface area contributed by atoms with Crippen LogP contribution in [-0.4, -0.2) is 39.6 Å². The summed E-state index contributed by atoms with van der Waals surface area (Å²) < 4.78 is 13.8. The molecule has 2 aromatic rings. The van der Waals surface area contributed by atoms with Gasteiger partial charge in [0.2, 0.25) is 0 Å². The average molecular weight is 334 g/mol. The van der Waals surface area contributed by atoms with Crippen LogP contribution in [0.25, 0.3) is 10.6 Å². The summed E-state index contributed by atoms with van der Waals surface area (Å²) in [6, 6.07) is 6.48. The molecule has 1 fully saturated rings. The van der Waals surface area contributed by atoms with Crippen LogP contribution < -0.4 is 0 Å². The second kappa shape index (κ2) is 6.76. The molecule has 1 N–H and O–H groups in total. The molecule has 3 rings (SSSR count). The van der Waals surface area contributed by atoms with Crippen molar-refractivity contribution in [1.82, 2.24) is 9.88 Å². The number of aromatic nitrogens is 1. The van der Waals surface area contributed by atoms with Gasteiger partial charge in [-0.05, 0) is 38.3 Å². The van der Waals surface area contributed by atoms with Gasteiger partial charge in [0.15, 0.2) is 0 Å². The van der Waals surface area contributed by atoms with Gasteiger partial charge in [-0.25, -0.2) is 9.37 Å². The van der Waals surface area contributed by atoms with Crippen molar-refractivity contribution in [3.63, 3.8) is 0 Å². The summed E-state index contributed by atoms with van der Waals surface area (Å²) in [6.07, 6.45) is 1.99. The first-order valence-corrected chi connectivity index (χ1v) is 8.63. The van der Waals surface area contributed by atoms with Crippen molar-refractivity contribution in [3.05, 3.63) is 41.2 Å². The molecule has 1 saturated heterocycles. The molecule has 0 aliphatic carbocycles. The topological polar surface area (TPSA) is 53.4 Å². The van der Waals surface area contributed by atoms with Gasteiger partial charge in [-0.15, -0.1) is 11.3 Å². The zero-order valence-corrected chi connectivity index (χ0v) is 13.7. The fourth-order valence-corrected chi connectivity index (χ4v) is 3.84. The molecule has 2 heterocycles. The zero-order chi connectivity index (χ0) is 16.4. The number of benzene rings is 1. The first-order chi connectivity index (χ1) is 11.1. The summed E-state index contributed by atoms with van der Waals surface area (Å²) in [6.45, 7) is 2.42. The molecule has 0 saturated carbocycles. The molecular formula is C17H19FN2O2S. The second-order valence-electron chi connectivity index (χ2n) is 5.90. The Bertz CT molecular complexity index is 701. The highest BCUT2D eigenvalue weighted by atomic mass is 32.1. The fourth-order valence-electron chi connectivity index (χ4n) is 3.02. The van der Waals surface area contributed by atoms with Gasteiger partial charge in [0, 0.05) is 23.5 Å². The number of hydrogen-bond acceptors (Lipinski definition) is 4. The Balaban J connectivity index is 1.80.